The van der Waals surface area contributed by atoms with E-state index < -0.39 is 0 Å². The van der Waals surface area contributed by atoms with Crippen LogP contribution >= 0.6 is 0 Å². The molecule has 1 aliphatic heterocycles. The number of hydrogen-bond acceptors (Lipinski definition) is 2. The molecule has 0 aromatic heterocycles. The largest absolute Gasteiger partial charge is 0.314 e. The van der Waals surface area contributed by atoms with E-state index in [1.165, 1.54) is 11.3 Å². The van der Waals surface area contributed by atoms with Gasteiger partial charge in [-0.15, -0.1) is 0 Å². The van der Waals surface area contributed by atoms with Crippen molar-refractivity contribution < 1.29 is 9.69 Å². The fourth-order valence-electron chi connectivity index (χ4n) is 1.87. The molecule has 3 unspecified atom stereocenters. The summed E-state index contributed by atoms with van der Waals surface area (Å²) in [6.07, 6.45) is 2.44. The van der Waals surface area contributed by atoms with E-state index in [9.17, 15) is 4.79 Å². The topological polar surface area (TPSA) is 47.5 Å². The normalized spacial score (nSPS) is 36.4. The fourth-order valence-corrected chi connectivity index (χ4v) is 1.87. The Kier molecular flexibility index (Phi) is 3.23. The Bertz CT molecular complexity index is 170. The Balaban J connectivity index is 2.39. The first-order valence-corrected chi connectivity index (χ1v) is 4.69. The third-order valence-corrected chi connectivity index (χ3v) is 2.61. The van der Waals surface area contributed by atoms with Crippen LogP contribution in [0.3, 0.4) is 0 Å². The first kappa shape index (κ1) is 9.68. The lowest BCUT2D eigenvalue weighted by molar-refractivity contribution is -0.923. The SMILES string of the molecule is CC(=O)C[NH+]1CCC(C)CC1N. The molecule has 0 saturated carbocycles. The van der Waals surface area contributed by atoms with Crippen molar-refractivity contribution in [2.45, 2.75) is 32.9 Å². The van der Waals surface area contributed by atoms with E-state index in [-0.39, 0.29) is 11.9 Å². The Morgan fingerprint density at radius 2 is 2.33 bits per heavy atom. The minimum atomic E-state index is 0.178. The Hall–Kier alpha value is -0.410. The quantitative estimate of drug-likeness (QED) is 0.570. The van der Waals surface area contributed by atoms with E-state index in [1.54, 1.807) is 6.92 Å². The van der Waals surface area contributed by atoms with Crippen LogP contribution in [-0.4, -0.2) is 25.0 Å². The summed E-state index contributed by atoms with van der Waals surface area (Å²) in [7, 11) is 0. The van der Waals surface area contributed by atoms with Crippen molar-refractivity contribution in [1.29, 1.82) is 0 Å². The Morgan fingerprint density at radius 1 is 1.67 bits per heavy atom. The second-order valence-electron chi connectivity index (χ2n) is 4.02. The van der Waals surface area contributed by atoms with Gasteiger partial charge in [0.05, 0.1) is 6.54 Å². The van der Waals surface area contributed by atoms with Gasteiger partial charge < -0.3 is 4.90 Å². The van der Waals surface area contributed by atoms with Gasteiger partial charge in [0.1, 0.15) is 12.7 Å². The van der Waals surface area contributed by atoms with Gasteiger partial charge in [0.15, 0.2) is 5.78 Å². The summed E-state index contributed by atoms with van der Waals surface area (Å²) in [5.41, 5.74) is 5.93. The minimum Gasteiger partial charge on any atom is -0.314 e. The van der Waals surface area contributed by atoms with Crippen molar-refractivity contribution >= 4 is 5.78 Å². The fraction of sp³-hybridized carbons (Fsp3) is 0.889. The number of nitrogens with one attached hydrogen (secondary N) is 1. The number of ketones is 1. The number of carbonyl (C=O) groups excluding carboxylic acids is 1. The predicted molar refractivity (Wildman–Crippen MR) is 47.8 cm³/mol. The highest BCUT2D eigenvalue weighted by atomic mass is 16.1. The van der Waals surface area contributed by atoms with E-state index >= 15 is 0 Å². The zero-order chi connectivity index (χ0) is 9.14. The molecular weight excluding hydrogens is 152 g/mol. The number of hydrogen-bond donors (Lipinski definition) is 2. The number of rotatable bonds is 2. The molecule has 0 bridgehead atoms. The number of quaternary nitrogens is 1. The van der Waals surface area contributed by atoms with Gasteiger partial charge in [-0.05, 0) is 12.3 Å². The number of carbonyl (C=O) groups is 1. The van der Waals surface area contributed by atoms with Crippen LogP contribution in [0.2, 0.25) is 0 Å². The van der Waals surface area contributed by atoms with Crippen LogP contribution in [0.4, 0.5) is 0 Å². The zero-order valence-corrected chi connectivity index (χ0v) is 7.97. The molecule has 0 spiro atoms. The molecule has 0 aromatic carbocycles. The zero-order valence-electron chi connectivity index (χ0n) is 7.97. The molecule has 0 aromatic rings. The summed E-state index contributed by atoms with van der Waals surface area (Å²) in [5.74, 6) is 0.978. The molecule has 3 N–H and O–H groups in total. The highest BCUT2D eigenvalue weighted by Crippen LogP contribution is 2.08. The molecule has 3 heteroatoms. The molecule has 70 valence electrons. The lowest BCUT2D eigenvalue weighted by atomic mass is 9.97. The van der Waals surface area contributed by atoms with E-state index in [4.69, 9.17) is 5.73 Å². The van der Waals surface area contributed by atoms with Crippen LogP contribution < -0.4 is 10.6 Å². The summed E-state index contributed by atoms with van der Waals surface area (Å²) in [5, 5.41) is 0. The minimum absolute atomic E-state index is 0.178. The van der Waals surface area contributed by atoms with Crippen LogP contribution in [0.1, 0.15) is 26.7 Å². The summed E-state index contributed by atoms with van der Waals surface area (Å²) in [6.45, 7) is 5.53. The third kappa shape index (κ3) is 2.57. The van der Waals surface area contributed by atoms with Gasteiger partial charge in [-0.3, -0.25) is 10.5 Å². The van der Waals surface area contributed by atoms with Crippen molar-refractivity contribution in [1.82, 2.24) is 0 Å². The predicted octanol–water partition coefficient (Wildman–Crippen LogP) is -0.825. The van der Waals surface area contributed by atoms with E-state index in [0.29, 0.717) is 6.54 Å². The second-order valence-corrected chi connectivity index (χ2v) is 4.02. The van der Waals surface area contributed by atoms with Crippen LogP contribution in [0.15, 0.2) is 0 Å². The molecule has 3 nitrogen and oxygen atoms in total. The molecule has 0 aliphatic carbocycles. The molecule has 1 heterocycles. The maximum Gasteiger partial charge on any atom is 0.183 e. The van der Waals surface area contributed by atoms with Gasteiger partial charge >= 0.3 is 0 Å². The van der Waals surface area contributed by atoms with Crippen molar-refractivity contribution in [3.05, 3.63) is 0 Å². The number of nitrogens with two attached hydrogens (primary N) is 1. The Labute approximate surface area is 73.9 Å². The van der Waals surface area contributed by atoms with Crippen molar-refractivity contribution in [2.24, 2.45) is 11.7 Å². The molecule has 1 saturated heterocycles. The van der Waals surface area contributed by atoms with Crippen molar-refractivity contribution in [3.8, 4) is 0 Å². The van der Waals surface area contributed by atoms with Crippen molar-refractivity contribution in [2.75, 3.05) is 13.1 Å². The summed E-state index contributed by atoms with van der Waals surface area (Å²) >= 11 is 0. The van der Waals surface area contributed by atoms with E-state index in [1.807, 2.05) is 0 Å². The van der Waals surface area contributed by atoms with Crippen LogP contribution in [-0.2, 0) is 4.79 Å². The second kappa shape index (κ2) is 4.01. The van der Waals surface area contributed by atoms with Crippen LogP contribution in [0.25, 0.3) is 0 Å². The lowest BCUT2D eigenvalue weighted by Crippen LogP contribution is -3.19. The van der Waals surface area contributed by atoms with Crippen LogP contribution in [0, 0.1) is 5.92 Å². The molecule has 1 rings (SSSR count). The number of Topliss-reactive ketones (excluding diaryl/α,β-unsaturated/α-hetero) is 1. The molecule has 1 aliphatic rings. The first-order valence-electron chi connectivity index (χ1n) is 4.69. The highest BCUT2D eigenvalue weighted by molar-refractivity contribution is 5.76. The highest BCUT2D eigenvalue weighted by Gasteiger charge is 2.27. The maximum absolute atomic E-state index is 10.9. The third-order valence-electron chi connectivity index (χ3n) is 2.61. The van der Waals surface area contributed by atoms with Gasteiger partial charge in [-0.25, -0.2) is 0 Å². The molecular formula is C9H19N2O+. The van der Waals surface area contributed by atoms with Gasteiger partial charge in [-0.1, -0.05) is 6.92 Å². The standard InChI is InChI=1S/C9H18N2O/c1-7-3-4-11(6-8(2)12)9(10)5-7/h7,9H,3-6,10H2,1-2H3/p+1. The molecule has 1 fully saturated rings. The number of piperidine rings is 1. The van der Waals surface area contributed by atoms with Gasteiger partial charge in [0.2, 0.25) is 0 Å². The van der Waals surface area contributed by atoms with Gasteiger partial charge in [0, 0.05) is 13.3 Å². The first-order chi connectivity index (χ1) is 5.59. The van der Waals surface area contributed by atoms with E-state index in [0.717, 1.165) is 18.9 Å². The molecule has 3 atom stereocenters. The van der Waals surface area contributed by atoms with Crippen LogP contribution in [0.5, 0.6) is 0 Å². The van der Waals surface area contributed by atoms with Gasteiger partial charge in [0.25, 0.3) is 0 Å². The molecule has 0 amide bonds. The summed E-state index contributed by atoms with van der Waals surface area (Å²) in [6, 6.07) is 0. The van der Waals surface area contributed by atoms with Gasteiger partial charge in [-0.2, -0.15) is 0 Å². The summed E-state index contributed by atoms with van der Waals surface area (Å²) in [4.78, 5) is 12.1. The maximum atomic E-state index is 10.9. The average molecular weight is 171 g/mol. The summed E-state index contributed by atoms with van der Waals surface area (Å²) < 4.78 is 0. The van der Waals surface area contributed by atoms with E-state index in [2.05, 4.69) is 6.92 Å². The number of likely N-dealkylation sites (tertiary alicyclic amines) is 1. The molecule has 12 heavy (non-hydrogen) atoms. The smallest absolute Gasteiger partial charge is 0.183 e. The molecule has 0 radical (unpaired) electrons. The Morgan fingerprint density at radius 3 is 2.83 bits per heavy atom. The average Bonchev–Trinajstić information content (AvgIpc) is 1.94. The monoisotopic (exact) mass is 171 g/mol. The van der Waals surface area contributed by atoms with Crippen molar-refractivity contribution in [3.63, 3.8) is 0 Å². The lowest BCUT2D eigenvalue weighted by Gasteiger charge is -2.32.